The van der Waals surface area contributed by atoms with E-state index in [4.69, 9.17) is 4.74 Å². The molecule has 2 atom stereocenters. The van der Waals surface area contributed by atoms with Gasteiger partial charge in [0.05, 0.1) is 18.8 Å². The molecule has 0 fully saturated rings. The van der Waals surface area contributed by atoms with E-state index >= 15 is 0 Å². The van der Waals surface area contributed by atoms with Crippen molar-refractivity contribution >= 4 is 34.1 Å². The molecule has 0 bridgehead atoms. The lowest BCUT2D eigenvalue weighted by Gasteiger charge is -2.43. The maximum absolute atomic E-state index is 13.6. The zero-order valence-corrected chi connectivity index (χ0v) is 19.5. The lowest BCUT2D eigenvalue weighted by Crippen LogP contribution is -2.47. The fraction of sp³-hybridized carbons (Fsp3) is 0.214. The van der Waals surface area contributed by atoms with Gasteiger partial charge in [-0.25, -0.2) is 0 Å². The van der Waals surface area contributed by atoms with Crippen LogP contribution in [0.25, 0.3) is 10.9 Å². The number of anilines is 2. The molecular weight excluding hydrogens is 426 g/mol. The van der Waals surface area contributed by atoms with E-state index in [9.17, 15) is 9.59 Å². The van der Waals surface area contributed by atoms with Crippen LogP contribution in [0.3, 0.4) is 0 Å². The molecule has 1 aliphatic rings. The van der Waals surface area contributed by atoms with Crippen molar-refractivity contribution in [1.82, 2.24) is 4.98 Å². The average Bonchev–Trinajstić information content (AvgIpc) is 3.33. The molecule has 3 aromatic carbocycles. The number of para-hydroxylation sites is 1. The maximum Gasteiger partial charge on any atom is 0.258 e. The summed E-state index contributed by atoms with van der Waals surface area (Å²) in [6.45, 7) is 3.65. The van der Waals surface area contributed by atoms with Crippen LogP contribution < -0.4 is 14.5 Å². The highest BCUT2D eigenvalue weighted by atomic mass is 16.5. The molecule has 6 heteroatoms. The Morgan fingerprint density at radius 2 is 1.76 bits per heavy atom. The number of hydrogen-bond donors (Lipinski definition) is 1. The predicted octanol–water partition coefficient (Wildman–Crippen LogP) is 5.71. The monoisotopic (exact) mass is 453 g/mol. The van der Waals surface area contributed by atoms with E-state index in [1.807, 2.05) is 71.5 Å². The highest BCUT2D eigenvalue weighted by Crippen LogP contribution is 2.44. The number of rotatable bonds is 4. The van der Waals surface area contributed by atoms with E-state index in [0.717, 1.165) is 27.8 Å². The first-order valence-electron chi connectivity index (χ1n) is 11.4. The first-order chi connectivity index (χ1) is 16.5. The van der Waals surface area contributed by atoms with Gasteiger partial charge in [0.25, 0.3) is 5.91 Å². The van der Waals surface area contributed by atoms with Gasteiger partial charge >= 0.3 is 0 Å². The van der Waals surface area contributed by atoms with Gasteiger partial charge < -0.3 is 19.5 Å². The number of aromatic nitrogens is 1. The van der Waals surface area contributed by atoms with Gasteiger partial charge in [0.15, 0.2) is 0 Å². The van der Waals surface area contributed by atoms with Crippen molar-refractivity contribution in [2.75, 3.05) is 16.9 Å². The van der Waals surface area contributed by atoms with Crippen LogP contribution in [0, 0.1) is 0 Å². The standard InChI is InChI=1S/C28H27N3O3/c1-18-17-27(31(19(2)32)25-10-6-8-24-22(25)15-16-29-24)23-7-4-5-9-26(23)30(18)28(33)20-11-13-21(34-3)14-12-20/h4-16,18,27,29H,17H2,1-3H3. The van der Waals surface area contributed by atoms with E-state index in [1.165, 1.54) is 0 Å². The van der Waals surface area contributed by atoms with Crippen molar-refractivity contribution in [3.05, 3.63) is 90.1 Å². The van der Waals surface area contributed by atoms with Crippen LogP contribution >= 0.6 is 0 Å². The molecule has 5 rings (SSSR count). The van der Waals surface area contributed by atoms with Gasteiger partial charge in [-0.2, -0.15) is 0 Å². The Labute approximate surface area is 198 Å². The number of amides is 2. The van der Waals surface area contributed by atoms with Crippen LogP contribution in [0.1, 0.15) is 42.2 Å². The molecule has 0 spiro atoms. The van der Waals surface area contributed by atoms with Gasteiger partial charge in [0.1, 0.15) is 5.75 Å². The summed E-state index contributed by atoms with van der Waals surface area (Å²) < 4.78 is 5.24. The second-order valence-electron chi connectivity index (χ2n) is 8.67. The first-order valence-corrected chi connectivity index (χ1v) is 11.4. The van der Waals surface area contributed by atoms with Crippen LogP contribution in [-0.2, 0) is 4.79 Å². The van der Waals surface area contributed by atoms with Crippen LogP contribution in [0.15, 0.2) is 79.0 Å². The third kappa shape index (κ3) is 3.61. The zero-order chi connectivity index (χ0) is 23.8. The van der Waals surface area contributed by atoms with Crippen molar-refractivity contribution in [3.63, 3.8) is 0 Å². The molecule has 4 aromatic rings. The minimum Gasteiger partial charge on any atom is -0.497 e. The van der Waals surface area contributed by atoms with Gasteiger partial charge in [0.2, 0.25) is 5.91 Å². The number of hydrogen-bond acceptors (Lipinski definition) is 3. The Bertz CT molecular complexity index is 1360. The number of nitrogens with zero attached hydrogens (tertiary/aromatic N) is 2. The molecule has 0 radical (unpaired) electrons. The summed E-state index contributed by atoms with van der Waals surface area (Å²) in [5.41, 5.74) is 4.25. The van der Waals surface area contributed by atoms with E-state index in [1.54, 1.807) is 38.3 Å². The Kier molecular flexibility index (Phi) is 5.57. The van der Waals surface area contributed by atoms with Crippen molar-refractivity contribution in [2.24, 2.45) is 0 Å². The Hall–Kier alpha value is -4.06. The minimum atomic E-state index is -0.191. The van der Waals surface area contributed by atoms with Gasteiger partial charge in [-0.15, -0.1) is 0 Å². The Morgan fingerprint density at radius 3 is 2.50 bits per heavy atom. The van der Waals surface area contributed by atoms with E-state index in [-0.39, 0.29) is 23.9 Å². The lowest BCUT2D eigenvalue weighted by atomic mass is 9.89. The van der Waals surface area contributed by atoms with Gasteiger partial charge in [-0.3, -0.25) is 9.59 Å². The SMILES string of the molecule is COc1ccc(C(=O)N2c3ccccc3C(N(C(C)=O)c3cccc4[nH]ccc34)CC2C)cc1. The number of methoxy groups -OCH3 is 1. The van der Waals surface area contributed by atoms with E-state index in [2.05, 4.69) is 4.98 Å². The zero-order valence-electron chi connectivity index (χ0n) is 19.5. The van der Waals surface area contributed by atoms with Gasteiger partial charge in [-0.1, -0.05) is 24.3 Å². The summed E-state index contributed by atoms with van der Waals surface area (Å²) in [6, 6.07) is 22.7. The molecule has 1 aromatic heterocycles. The molecule has 0 aliphatic carbocycles. The lowest BCUT2D eigenvalue weighted by molar-refractivity contribution is -0.117. The van der Waals surface area contributed by atoms with Crippen LogP contribution in [0.5, 0.6) is 5.75 Å². The molecule has 6 nitrogen and oxygen atoms in total. The second-order valence-corrected chi connectivity index (χ2v) is 8.67. The number of aromatic amines is 1. The van der Waals surface area contributed by atoms with Crippen LogP contribution in [-0.4, -0.2) is 29.9 Å². The molecule has 2 unspecified atom stereocenters. The van der Waals surface area contributed by atoms with Crippen LogP contribution in [0.4, 0.5) is 11.4 Å². The number of carbonyl (C=O) groups is 2. The van der Waals surface area contributed by atoms with Crippen molar-refractivity contribution in [2.45, 2.75) is 32.4 Å². The van der Waals surface area contributed by atoms with E-state index < -0.39 is 0 Å². The predicted molar refractivity (Wildman–Crippen MR) is 135 cm³/mol. The fourth-order valence-electron chi connectivity index (χ4n) is 5.04. The largest absolute Gasteiger partial charge is 0.497 e. The number of fused-ring (bicyclic) bond motifs is 2. The summed E-state index contributed by atoms with van der Waals surface area (Å²) in [5.74, 6) is 0.610. The molecule has 34 heavy (non-hydrogen) atoms. The van der Waals surface area contributed by atoms with Crippen molar-refractivity contribution in [1.29, 1.82) is 0 Å². The quantitative estimate of drug-likeness (QED) is 0.430. The highest BCUT2D eigenvalue weighted by Gasteiger charge is 2.38. The number of benzene rings is 3. The molecule has 0 saturated carbocycles. The summed E-state index contributed by atoms with van der Waals surface area (Å²) in [7, 11) is 1.61. The minimum absolute atomic E-state index is 0.0318. The smallest absolute Gasteiger partial charge is 0.258 e. The molecule has 0 saturated heterocycles. The topological polar surface area (TPSA) is 65.6 Å². The molecule has 2 heterocycles. The summed E-state index contributed by atoms with van der Waals surface area (Å²) in [6.07, 6.45) is 2.51. The molecule has 172 valence electrons. The number of nitrogens with one attached hydrogen (secondary N) is 1. The van der Waals surface area contributed by atoms with E-state index in [0.29, 0.717) is 17.7 Å². The Morgan fingerprint density at radius 1 is 1.00 bits per heavy atom. The first kappa shape index (κ1) is 21.8. The number of carbonyl (C=O) groups excluding carboxylic acids is 2. The number of H-pyrrole nitrogens is 1. The second kappa shape index (κ2) is 8.71. The molecule has 1 N–H and O–H groups in total. The Balaban J connectivity index is 1.59. The third-order valence-electron chi connectivity index (χ3n) is 6.60. The summed E-state index contributed by atoms with van der Waals surface area (Å²) in [4.78, 5) is 33.6. The van der Waals surface area contributed by atoms with Gasteiger partial charge in [0, 0.05) is 41.3 Å². The van der Waals surface area contributed by atoms with Crippen LogP contribution in [0.2, 0.25) is 0 Å². The fourth-order valence-corrected chi connectivity index (χ4v) is 5.04. The maximum atomic E-state index is 13.6. The highest BCUT2D eigenvalue weighted by molar-refractivity contribution is 6.08. The molecule has 2 amide bonds. The average molecular weight is 454 g/mol. The summed E-state index contributed by atoms with van der Waals surface area (Å²) >= 11 is 0. The van der Waals surface area contributed by atoms with Crippen molar-refractivity contribution < 1.29 is 14.3 Å². The summed E-state index contributed by atoms with van der Waals surface area (Å²) in [5, 5.41) is 1.000. The molecular formula is C28H27N3O3. The third-order valence-corrected chi connectivity index (χ3v) is 6.60. The molecule has 1 aliphatic heterocycles. The number of ether oxygens (including phenoxy) is 1. The van der Waals surface area contributed by atoms with Crippen molar-refractivity contribution in [3.8, 4) is 5.75 Å². The normalized spacial score (nSPS) is 17.3. The van der Waals surface area contributed by atoms with Gasteiger partial charge in [-0.05, 0) is 67.4 Å².